The van der Waals surface area contributed by atoms with E-state index in [0.717, 1.165) is 42.8 Å². The van der Waals surface area contributed by atoms with Crippen molar-refractivity contribution in [3.8, 4) is 5.75 Å². The molecule has 1 fully saturated rings. The van der Waals surface area contributed by atoms with Crippen molar-refractivity contribution in [2.75, 3.05) is 13.7 Å². The zero-order valence-corrected chi connectivity index (χ0v) is 12.8. The van der Waals surface area contributed by atoms with Crippen LogP contribution in [-0.4, -0.2) is 34.4 Å². The molecule has 22 heavy (non-hydrogen) atoms. The predicted octanol–water partition coefficient (Wildman–Crippen LogP) is 2.40. The Morgan fingerprint density at radius 3 is 2.86 bits per heavy atom. The summed E-state index contributed by atoms with van der Waals surface area (Å²) in [6.45, 7) is 1.51. The summed E-state index contributed by atoms with van der Waals surface area (Å²) in [6.07, 6.45) is 6.23. The number of methoxy groups -OCH3 is 1. The largest absolute Gasteiger partial charge is 0.497 e. The molecule has 0 radical (unpaired) electrons. The van der Waals surface area contributed by atoms with E-state index in [4.69, 9.17) is 4.74 Å². The molecule has 1 aromatic heterocycles. The molecule has 116 valence electrons. The highest BCUT2D eigenvalue weighted by atomic mass is 16.5. The lowest BCUT2D eigenvalue weighted by molar-refractivity contribution is -0.139. The molecule has 1 aliphatic heterocycles. The van der Waals surface area contributed by atoms with Crippen LogP contribution in [0.5, 0.6) is 5.75 Å². The van der Waals surface area contributed by atoms with Crippen LogP contribution >= 0.6 is 0 Å². The van der Waals surface area contributed by atoms with Crippen molar-refractivity contribution >= 4 is 5.91 Å². The van der Waals surface area contributed by atoms with Crippen LogP contribution in [0.25, 0.3) is 0 Å². The number of rotatable bonds is 5. The second kappa shape index (κ2) is 6.64. The number of ether oxygens (including phenoxy) is 1. The third-order valence-corrected chi connectivity index (χ3v) is 4.20. The van der Waals surface area contributed by atoms with Crippen LogP contribution in [0.15, 0.2) is 36.8 Å². The van der Waals surface area contributed by atoms with E-state index in [2.05, 4.69) is 9.97 Å². The van der Waals surface area contributed by atoms with Crippen LogP contribution in [0.1, 0.15) is 24.1 Å². The van der Waals surface area contributed by atoms with E-state index in [1.807, 2.05) is 29.2 Å². The Kier molecular flexibility index (Phi) is 4.42. The lowest BCUT2D eigenvalue weighted by atomic mass is 9.92. The van der Waals surface area contributed by atoms with Gasteiger partial charge in [0.05, 0.1) is 13.4 Å². The molecule has 1 saturated heterocycles. The van der Waals surface area contributed by atoms with Crippen molar-refractivity contribution in [2.45, 2.75) is 25.8 Å². The second-order valence-electron chi connectivity index (χ2n) is 5.73. The summed E-state index contributed by atoms with van der Waals surface area (Å²) in [7, 11) is 1.66. The van der Waals surface area contributed by atoms with Crippen LogP contribution in [0.2, 0.25) is 0 Å². The van der Waals surface area contributed by atoms with E-state index in [0.29, 0.717) is 6.54 Å². The van der Waals surface area contributed by atoms with Gasteiger partial charge in [-0.3, -0.25) is 4.79 Å². The minimum absolute atomic E-state index is 0.0625. The van der Waals surface area contributed by atoms with Gasteiger partial charge >= 0.3 is 0 Å². The normalized spacial score (nSPS) is 18.5. The van der Waals surface area contributed by atoms with Crippen molar-refractivity contribution in [2.24, 2.45) is 5.92 Å². The molecule has 1 N–H and O–H groups in total. The summed E-state index contributed by atoms with van der Waals surface area (Å²) in [6, 6.07) is 7.91. The summed E-state index contributed by atoms with van der Waals surface area (Å²) in [5, 5.41) is 0. The summed E-state index contributed by atoms with van der Waals surface area (Å²) in [4.78, 5) is 21.7. The maximum atomic E-state index is 12.6. The molecule has 5 heteroatoms. The van der Waals surface area contributed by atoms with Gasteiger partial charge in [-0.25, -0.2) is 4.98 Å². The fraction of sp³-hybridized carbons (Fsp3) is 0.412. The molecule has 1 aliphatic rings. The highest BCUT2D eigenvalue weighted by Gasteiger charge is 2.29. The van der Waals surface area contributed by atoms with E-state index in [-0.39, 0.29) is 11.8 Å². The first kappa shape index (κ1) is 14.6. The zero-order valence-electron chi connectivity index (χ0n) is 12.8. The molecule has 1 atom stereocenters. The molecule has 1 aromatic carbocycles. The Morgan fingerprint density at radius 2 is 2.18 bits per heavy atom. The molecule has 1 amide bonds. The average molecular weight is 299 g/mol. The minimum Gasteiger partial charge on any atom is -0.497 e. The Labute approximate surface area is 130 Å². The fourth-order valence-corrected chi connectivity index (χ4v) is 2.98. The molecule has 0 saturated carbocycles. The molecular formula is C17H21N3O2. The first-order valence-electron chi connectivity index (χ1n) is 7.65. The van der Waals surface area contributed by atoms with Crippen LogP contribution in [-0.2, 0) is 17.8 Å². The van der Waals surface area contributed by atoms with Crippen molar-refractivity contribution in [3.63, 3.8) is 0 Å². The standard InChI is InChI=1S/C17H21N3O2/c1-22-16-6-4-13(5-7-16)11-20-8-2-3-14(17(20)21)9-15-10-18-12-19-15/h4-7,10,12,14H,2-3,8-9,11H2,1H3,(H,18,19). The Bertz CT molecular complexity index is 607. The fourth-order valence-electron chi connectivity index (χ4n) is 2.98. The van der Waals surface area contributed by atoms with Gasteiger partial charge < -0.3 is 14.6 Å². The number of likely N-dealkylation sites (tertiary alicyclic amines) is 1. The topological polar surface area (TPSA) is 58.2 Å². The zero-order chi connectivity index (χ0) is 15.4. The summed E-state index contributed by atoms with van der Waals surface area (Å²) < 4.78 is 5.17. The second-order valence-corrected chi connectivity index (χ2v) is 5.73. The molecule has 2 heterocycles. The van der Waals surface area contributed by atoms with Gasteiger partial charge in [-0.05, 0) is 30.5 Å². The van der Waals surface area contributed by atoms with Gasteiger partial charge in [-0.15, -0.1) is 0 Å². The highest BCUT2D eigenvalue weighted by Crippen LogP contribution is 2.23. The highest BCUT2D eigenvalue weighted by molar-refractivity contribution is 5.79. The number of imidazole rings is 1. The monoisotopic (exact) mass is 299 g/mol. The van der Waals surface area contributed by atoms with Gasteiger partial charge in [0.1, 0.15) is 5.75 Å². The number of carbonyl (C=O) groups excluding carboxylic acids is 1. The first-order chi connectivity index (χ1) is 10.8. The maximum absolute atomic E-state index is 12.6. The molecule has 1 unspecified atom stereocenters. The van der Waals surface area contributed by atoms with E-state index in [1.54, 1.807) is 19.6 Å². The number of nitrogens with one attached hydrogen (secondary N) is 1. The molecule has 0 bridgehead atoms. The Morgan fingerprint density at radius 1 is 1.36 bits per heavy atom. The smallest absolute Gasteiger partial charge is 0.226 e. The van der Waals surface area contributed by atoms with E-state index >= 15 is 0 Å². The number of aromatic nitrogens is 2. The van der Waals surface area contributed by atoms with Crippen molar-refractivity contribution in [3.05, 3.63) is 48.0 Å². The third-order valence-electron chi connectivity index (χ3n) is 4.20. The molecule has 0 aliphatic carbocycles. The maximum Gasteiger partial charge on any atom is 0.226 e. The predicted molar refractivity (Wildman–Crippen MR) is 83.4 cm³/mol. The van der Waals surface area contributed by atoms with Crippen LogP contribution in [0, 0.1) is 5.92 Å². The quantitative estimate of drug-likeness (QED) is 0.922. The van der Waals surface area contributed by atoms with Gasteiger partial charge in [-0.2, -0.15) is 0 Å². The SMILES string of the molecule is COc1ccc(CN2CCCC(Cc3cnc[nH]3)C2=O)cc1. The Balaban J connectivity index is 1.64. The minimum atomic E-state index is 0.0625. The number of hydrogen-bond acceptors (Lipinski definition) is 3. The first-order valence-corrected chi connectivity index (χ1v) is 7.65. The van der Waals surface area contributed by atoms with E-state index in [1.165, 1.54) is 0 Å². The summed E-state index contributed by atoms with van der Waals surface area (Å²) in [5.41, 5.74) is 2.17. The number of aromatic amines is 1. The number of carbonyl (C=O) groups is 1. The molecule has 0 spiro atoms. The third kappa shape index (κ3) is 3.30. The average Bonchev–Trinajstić information content (AvgIpc) is 3.05. The van der Waals surface area contributed by atoms with Gasteiger partial charge in [0.15, 0.2) is 0 Å². The van der Waals surface area contributed by atoms with Crippen molar-refractivity contribution in [1.82, 2.24) is 14.9 Å². The molecular weight excluding hydrogens is 278 g/mol. The van der Waals surface area contributed by atoms with Crippen molar-refractivity contribution in [1.29, 1.82) is 0 Å². The number of H-pyrrole nitrogens is 1. The number of nitrogens with zero attached hydrogens (tertiary/aromatic N) is 2. The summed E-state index contributed by atoms with van der Waals surface area (Å²) in [5.74, 6) is 1.15. The van der Waals surface area contributed by atoms with E-state index in [9.17, 15) is 4.79 Å². The molecule has 2 aromatic rings. The number of amides is 1. The molecule has 5 nitrogen and oxygen atoms in total. The van der Waals surface area contributed by atoms with Crippen molar-refractivity contribution < 1.29 is 9.53 Å². The van der Waals surface area contributed by atoms with Gasteiger partial charge in [0.2, 0.25) is 5.91 Å². The lowest BCUT2D eigenvalue weighted by Gasteiger charge is -2.32. The van der Waals surface area contributed by atoms with E-state index < -0.39 is 0 Å². The number of piperidine rings is 1. The van der Waals surface area contributed by atoms with Gasteiger partial charge in [0.25, 0.3) is 0 Å². The summed E-state index contributed by atoms with van der Waals surface area (Å²) >= 11 is 0. The van der Waals surface area contributed by atoms with Crippen LogP contribution < -0.4 is 4.74 Å². The lowest BCUT2D eigenvalue weighted by Crippen LogP contribution is -2.41. The van der Waals surface area contributed by atoms with Gasteiger partial charge in [-0.1, -0.05) is 12.1 Å². The van der Waals surface area contributed by atoms with Crippen LogP contribution in [0.4, 0.5) is 0 Å². The Hall–Kier alpha value is -2.30. The molecule has 3 rings (SSSR count). The van der Waals surface area contributed by atoms with Gasteiger partial charge in [0, 0.05) is 37.3 Å². The number of hydrogen-bond donors (Lipinski definition) is 1. The van der Waals surface area contributed by atoms with Crippen LogP contribution in [0.3, 0.4) is 0 Å². The number of benzene rings is 1.